The fraction of sp³-hybridized carbons (Fsp3) is 0.200. The molecule has 1 unspecified atom stereocenters. The van der Waals surface area contributed by atoms with Crippen LogP contribution in [-0.4, -0.2) is 22.8 Å². The van der Waals surface area contributed by atoms with E-state index >= 15 is 0 Å². The zero-order chi connectivity index (χ0) is 16.6. The molecular weight excluding hydrogens is 328 g/mol. The van der Waals surface area contributed by atoms with Gasteiger partial charge < -0.3 is 14.8 Å². The lowest BCUT2D eigenvalue weighted by Gasteiger charge is -2.14. The van der Waals surface area contributed by atoms with Crippen LogP contribution >= 0.6 is 11.8 Å². The maximum atomic E-state index is 12.3. The Bertz CT molecular complexity index is 706. The van der Waals surface area contributed by atoms with Crippen LogP contribution in [0.3, 0.4) is 0 Å². The van der Waals surface area contributed by atoms with E-state index < -0.39 is 18.7 Å². The van der Waals surface area contributed by atoms with E-state index in [1.807, 2.05) is 0 Å². The van der Waals surface area contributed by atoms with E-state index in [9.17, 15) is 23.3 Å². The molecule has 1 aliphatic rings. The molecule has 0 saturated carbocycles. The van der Waals surface area contributed by atoms with E-state index in [2.05, 4.69) is 0 Å². The van der Waals surface area contributed by atoms with E-state index in [0.717, 1.165) is 5.56 Å². The van der Waals surface area contributed by atoms with Gasteiger partial charge in [-0.25, -0.2) is 0 Å². The Morgan fingerprint density at radius 3 is 2.39 bits per heavy atom. The molecular formula is C15H12BF3O3S. The molecule has 3 nitrogen and oxygen atoms in total. The predicted molar refractivity (Wildman–Crippen MR) is 81.3 cm³/mol. The maximum Gasteiger partial charge on any atom is 0.491 e. The molecule has 0 spiro atoms. The van der Waals surface area contributed by atoms with Gasteiger partial charge in [0.05, 0.1) is 6.61 Å². The van der Waals surface area contributed by atoms with Gasteiger partial charge in [-0.2, -0.15) is 13.2 Å². The normalized spacial score (nSPS) is 15.6. The van der Waals surface area contributed by atoms with Gasteiger partial charge in [-0.15, -0.1) is 0 Å². The maximum absolute atomic E-state index is 12.3. The van der Waals surface area contributed by atoms with Crippen molar-refractivity contribution in [3.8, 4) is 0 Å². The number of aliphatic hydroxyl groups is 1. The van der Waals surface area contributed by atoms with Gasteiger partial charge in [0.1, 0.15) is 6.10 Å². The van der Waals surface area contributed by atoms with E-state index in [4.69, 9.17) is 4.65 Å². The van der Waals surface area contributed by atoms with Gasteiger partial charge in [-0.1, -0.05) is 30.3 Å². The number of halogens is 3. The molecule has 0 bridgehead atoms. The quantitative estimate of drug-likeness (QED) is 0.666. The van der Waals surface area contributed by atoms with E-state index in [1.54, 1.807) is 18.2 Å². The van der Waals surface area contributed by atoms with E-state index in [1.165, 1.54) is 24.3 Å². The van der Waals surface area contributed by atoms with Crippen LogP contribution in [0.15, 0.2) is 47.4 Å². The van der Waals surface area contributed by atoms with Crippen molar-refractivity contribution in [2.75, 3.05) is 0 Å². The van der Waals surface area contributed by atoms with Crippen molar-refractivity contribution in [1.82, 2.24) is 0 Å². The average molecular weight is 340 g/mol. The minimum atomic E-state index is -4.34. The molecule has 2 aromatic carbocycles. The third-order valence-electron chi connectivity index (χ3n) is 3.58. The fourth-order valence-corrected chi connectivity index (χ4v) is 2.99. The summed E-state index contributed by atoms with van der Waals surface area (Å²) in [5.41, 5.74) is -1.86. The zero-order valence-corrected chi connectivity index (χ0v) is 12.6. The lowest BCUT2D eigenvalue weighted by Crippen LogP contribution is -2.28. The monoisotopic (exact) mass is 340 g/mol. The minimum Gasteiger partial charge on any atom is -0.423 e. The van der Waals surface area contributed by atoms with Gasteiger partial charge in [-0.3, -0.25) is 0 Å². The van der Waals surface area contributed by atoms with Crippen LogP contribution in [-0.2, 0) is 11.3 Å². The number of hydrogen-bond acceptors (Lipinski definition) is 4. The second-order valence-electron chi connectivity index (χ2n) is 5.14. The summed E-state index contributed by atoms with van der Waals surface area (Å²) in [6, 6.07) is 10.7. The molecule has 1 heterocycles. The van der Waals surface area contributed by atoms with Crippen molar-refractivity contribution in [2.45, 2.75) is 23.1 Å². The second-order valence-corrected chi connectivity index (χ2v) is 6.28. The van der Waals surface area contributed by atoms with Gasteiger partial charge in [0.25, 0.3) is 0 Å². The van der Waals surface area contributed by atoms with Gasteiger partial charge in [-0.05, 0) is 46.0 Å². The Morgan fingerprint density at radius 2 is 1.74 bits per heavy atom. The largest absolute Gasteiger partial charge is 0.491 e. The molecule has 120 valence electrons. The van der Waals surface area contributed by atoms with Crippen LogP contribution < -0.4 is 5.46 Å². The highest BCUT2D eigenvalue weighted by Crippen LogP contribution is 2.37. The molecule has 0 aromatic heterocycles. The fourth-order valence-electron chi connectivity index (χ4n) is 2.45. The first-order valence-electron chi connectivity index (χ1n) is 6.79. The first-order chi connectivity index (χ1) is 10.8. The highest BCUT2D eigenvalue weighted by Gasteiger charge is 2.30. The third kappa shape index (κ3) is 3.72. The summed E-state index contributed by atoms with van der Waals surface area (Å²) < 4.78 is 42.0. The Kier molecular flexibility index (Phi) is 4.42. The number of thioether (sulfide) groups is 1. The molecule has 3 rings (SSSR count). The summed E-state index contributed by atoms with van der Waals surface area (Å²) in [4.78, 5) is 0.0613. The van der Waals surface area contributed by atoms with Crippen LogP contribution in [0.25, 0.3) is 0 Å². The van der Waals surface area contributed by atoms with Gasteiger partial charge >= 0.3 is 12.6 Å². The molecule has 0 radical (unpaired) electrons. The van der Waals surface area contributed by atoms with Crippen LogP contribution in [0.2, 0.25) is 0 Å². The van der Waals surface area contributed by atoms with E-state index in [-0.39, 0.29) is 16.7 Å². The van der Waals surface area contributed by atoms with Crippen LogP contribution in [0.5, 0.6) is 0 Å². The summed E-state index contributed by atoms with van der Waals surface area (Å²) in [6.45, 7) is 0.316. The van der Waals surface area contributed by atoms with Crippen molar-refractivity contribution in [3.05, 3.63) is 59.2 Å². The first kappa shape index (κ1) is 16.4. The van der Waals surface area contributed by atoms with Crippen LogP contribution in [0, 0.1) is 0 Å². The molecule has 0 amide bonds. The molecule has 0 aliphatic carbocycles. The summed E-state index contributed by atoms with van der Waals surface area (Å²) in [5.74, 6) is 0. The predicted octanol–water partition coefficient (Wildman–Crippen LogP) is 2.60. The molecule has 1 atom stereocenters. The highest BCUT2D eigenvalue weighted by atomic mass is 32.2. The third-order valence-corrected chi connectivity index (χ3v) is 4.32. The number of fused-ring (bicyclic) bond motifs is 1. The lowest BCUT2D eigenvalue weighted by molar-refractivity contribution is -0.0328. The number of hydrogen-bond donors (Lipinski definition) is 2. The molecule has 23 heavy (non-hydrogen) atoms. The summed E-state index contributed by atoms with van der Waals surface area (Å²) >= 11 is -0.198. The molecule has 2 N–H and O–H groups in total. The number of rotatable bonds is 3. The standard InChI is InChI=1S/C15H12BF3O3S/c17-15(18,19)23-12-5-3-9(4-6-12)14(20)10-1-2-11-8-22-16(21)13(11)7-10/h1-7,14,20-21H,8H2. The summed E-state index contributed by atoms with van der Waals surface area (Å²) in [7, 11) is -1.01. The van der Waals surface area contributed by atoms with Crippen LogP contribution in [0.4, 0.5) is 13.2 Å². The van der Waals surface area contributed by atoms with Crippen molar-refractivity contribution in [3.63, 3.8) is 0 Å². The number of aliphatic hydroxyl groups excluding tert-OH is 1. The van der Waals surface area contributed by atoms with Crippen molar-refractivity contribution < 1.29 is 28.0 Å². The SMILES string of the molecule is OB1OCc2ccc(C(O)c3ccc(SC(F)(F)F)cc3)cc21. The van der Waals surface area contributed by atoms with Gasteiger partial charge in [0.15, 0.2) is 0 Å². The minimum absolute atomic E-state index is 0.0613. The molecule has 2 aromatic rings. The van der Waals surface area contributed by atoms with Crippen molar-refractivity contribution >= 4 is 24.3 Å². The topological polar surface area (TPSA) is 49.7 Å². The highest BCUT2D eigenvalue weighted by molar-refractivity contribution is 8.00. The molecule has 0 fully saturated rings. The Morgan fingerprint density at radius 1 is 1.09 bits per heavy atom. The van der Waals surface area contributed by atoms with E-state index in [0.29, 0.717) is 23.2 Å². The Labute approximate surface area is 135 Å². The lowest BCUT2D eigenvalue weighted by atomic mass is 9.78. The number of alkyl halides is 3. The smallest absolute Gasteiger partial charge is 0.423 e. The van der Waals surface area contributed by atoms with Crippen LogP contribution in [0.1, 0.15) is 22.8 Å². The Hall–Kier alpha value is -1.48. The number of benzene rings is 2. The van der Waals surface area contributed by atoms with Gasteiger partial charge in [0.2, 0.25) is 0 Å². The first-order valence-corrected chi connectivity index (χ1v) is 7.61. The second kappa shape index (κ2) is 6.20. The molecule has 0 saturated heterocycles. The summed E-state index contributed by atoms with van der Waals surface area (Å²) in [5, 5.41) is 20.1. The summed E-state index contributed by atoms with van der Waals surface area (Å²) in [6.07, 6.45) is -0.988. The molecule has 1 aliphatic heterocycles. The zero-order valence-electron chi connectivity index (χ0n) is 11.7. The van der Waals surface area contributed by atoms with Crippen molar-refractivity contribution in [2.24, 2.45) is 0 Å². The van der Waals surface area contributed by atoms with Crippen molar-refractivity contribution in [1.29, 1.82) is 0 Å². The average Bonchev–Trinajstić information content (AvgIpc) is 2.87. The Balaban J connectivity index is 1.81. The van der Waals surface area contributed by atoms with Gasteiger partial charge in [0, 0.05) is 4.90 Å². The molecule has 8 heteroatoms.